The molecule has 1 fully saturated rings. The smallest absolute Gasteiger partial charge is 0.407 e. The molecule has 0 aliphatic carbocycles. The summed E-state index contributed by atoms with van der Waals surface area (Å²) in [5.74, 6) is 1.72. The van der Waals surface area contributed by atoms with Crippen LogP contribution in [0, 0.1) is 6.92 Å². The minimum absolute atomic E-state index is 0.0603. The molecule has 3 rings (SSSR count). The largest absolute Gasteiger partial charge is 0.444 e. The Kier molecular flexibility index (Phi) is 5.03. The average molecular weight is 356 g/mol. The van der Waals surface area contributed by atoms with E-state index in [-0.39, 0.29) is 12.1 Å². The number of nitrogens with one attached hydrogen (secondary N) is 1. The number of anilines is 1. The van der Waals surface area contributed by atoms with Crippen molar-refractivity contribution in [3.8, 4) is 0 Å². The lowest BCUT2D eigenvalue weighted by atomic mass is 10.1. The molecule has 1 amide bonds. The Morgan fingerprint density at radius 2 is 2.12 bits per heavy atom. The maximum atomic E-state index is 12.0. The summed E-state index contributed by atoms with van der Waals surface area (Å²) >= 11 is 0. The number of aryl methyl sites for hydroxylation is 2. The number of hydrogen-bond acceptors (Lipinski definition) is 5. The fourth-order valence-corrected chi connectivity index (χ4v) is 3.28. The van der Waals surface area contributed by atoms with Crippen molar-refractivity contribution in [2.75, 3.05) is 18.0 Å². The third kappa shape index (κ3) is 4.23. The summed E-state index contributed by atoms with van der Waals surface area (Å²) in [6.07, 6.45) is 1.50. The molecule has 1 aliphatic rings. The fraction of sp³-hybridized carbons (Fsp3) is 0.550. The predicted molar refractivity (Wildman–Crippen MR) is 104 cm³/mol. The summed E-state index contributed by atoms with van der Waals surface area (Å²) in [5.41, 5.74) is 1.77. The molecule has 2 aromatic rings. The fourth-order valence-electron chi connectivity index (χ4n) is 3.28. The molecule has 0 spiro atoms. The van der Waals surface area contributed by atoms with Crippen LogP contribution in [0.4, 0.5) is 10.6 Å². The van der Waals surface area contributed by atoms with Crippen LogP contribution in [0.25, 0.3) is 10.9 Å². The van der Waals surface area contributed by atoms with Gasteiger partial charge in [-0.15, -0.1) is 0 Å². The van der Waals surface area contributed by atoms with E-state index in [0.717, 1.165) is 48.5 Å². The van der Waals surface area contributed by atoms with Crippen molar-refractivity contribution < 1.29 is 9.53 Å². The zero-order chi connectivity index (χ0) is 18.9. The van der Waals surface area contributed by atoms with E-state index in [0.29, 0.717) is 0 Å². The SMILES string of the molecule is CCc1ccc2c(N3CC[C@@H](NC(=O)OC(C)(C)C)C3)nc(C)nc2c1. The molecule has 140 valence electrons. The molecule has 0 unspecified atom stereocenters. The van der Waals surface area contributed by atoms with E-state index in [1.54, 1.807) is 0 Å². The molecular formula is C20H28N4O2. The van der Waals surface area contributed by atoms with Gasteiger partial charge in [0.15, 0.2) is 0 Å². The minimum atomic E-state index is -0.487. The summed E-state index contributed by atoms with van der Waals surface area (Å²) in [6, 6.07) is 6.44. The first-order chi connectivity index (χ1) is 12.2. The lowest BCUT2D eigenvalue weighted by Gasteiger charge is -2.22. The lowest BCUT2D eigenvalue weighted by Crippen LogP contribution is -2.40. The predicted octanol–water partition coefficient (Wildman–Crippen LogP) is 3.60. The van der Waals surface area contributed by atoms with Gasteiger partial charge in [-0.05, 0) is 58.2 Å². The standard InChI is InChI=1S/C20H28N4O2/c1-6-14-7-8-16-17(11-14)21-13(2)22-18(16)24-10-9-15(12-24)23-19(25)26-20(3,4)5/h7-8,11,15H,6,9-10,12H2,1-5H3,(H,23,25)/t15-/m1/s1. The van der Waals surface area contributed by atoms with Crippen LogP contribution in [0.1, 0.15) is 45.5 Å². The van der Waals surface area contributed by atoms with Gasteiger partial charge in [-0.1, -0.05) is 13.0 Å². The Morgan fingerprint density at radius 3 is 2.81 bits per heavy atom. The van der Waals surface area contributed by atoms with E-state index in [2.05, 4.69) is 45.3 Å². The van der Waals surface area contributed by atoms with Gasteiger partial charge in [0.1, 0.15) is 17.2 Å². The highest BCUT2D eigenvalue weighted by molar-refractivity contribution is 5.90. The van der Waals surface area contributed by atoms with Crippen LogP contribution in [-0.4, -0.2) is 40.8 Å². The van der Waals surface area contributed by atoms with Crippen LogP contribution in [-0.2, 0) is 11.2 Å². The highest BCUT2D eigenvalue weighted by atomic mass is 16.6. The third-order valence-electron chi connectivity index (χ3n) is 4.47. The van der Waals surface area contributed by atoms with Crippen LogP contribution >= 0.6 is 0 Å². The molecular weight excluding hydrogens is 328 g/mol. The molecule has 6 heteroatoms. The van der Waals surface area contributed by atoms with E-state index in [9.17, 15) is 4.79 Å². The van der Waals surface area contributed by atoms with E-state index in [4.69, 9.17) is 4.74 Å². The minimum Gasteiger partial charge on any atom is -0.444 e. The second-order valence-electron chi connectivity index (χ2n) is 7.88. The van der Waals surface area contributed by atoms with E-state index >= 15 is 0 Å². The molecule has 1 N–H and O–H groups in total. The van der Waals surface area contributed by atoms with Gasteiger partial charge >= 0.3 is 6.09 Å². The average Bonchev–Trinajstić information content (AvgIpc) is 2.99. The van der Waals surface area contributed by atoms with Crippen molar-refractivity contribution in [3.05, 3.63) is 29.6 Å². The quantitative estimate of drug-likeness (QED) is 0.910. The van der Waals surface area contributed by atoms with Crippen LogP contribution in [0.15, 0.2) is 18.2 Å². The lowest BCUT2D eigenvalue weighted by molar-refractivity contribution is 0.0509. The summed E-state index contributed by atoms with van der Waals surface area (Å²) in [6.45, 7) is 11.2. The van der Waals surface area contributed by atoms with Crippen molar-refractivity contribution >= 4 is 22.8 Å². The number of aromatic nitrogens is 2. The molecule has 26 heavy (non-hydrogen) atoms. The second-order valence-corrected chi connectivity index (χ2v) is 7.88. The number of amides is 1. The summed E-state index contributed by atoms with van der Waals surface area (Å²) in [5, 5.41) is 4.03. The molecule has 0 radical (unpaired) electrons. The number of alkyl carbamates (subject to hydrolysis) is 1. The molecule has 1 aromatic carbocycles. The Morgan fingerprint density at radius 1 is 1.35 bits per heavy atom. The monoisotopic (exact) mass is 356 g/mol. The van der Waals surface area contributed by atoms with Crippen LogP contribution in [0.5, 0.6) is 0 Å². The number of nitrogens with zero attached hydrogens (tertiary/aromatic N) is 3. The Balaban J connectivity index is 1.77. The van der Waals surface area contributed by atoms with Crippen molar-refractivity contribution in [1.29, 1.82) is 0 Å². The number of carbonyl (C=O) groups excluding carboxylic acids is 1. The number of rotatable bonds is 3. The Hall–Kier alpha value is -2.37. The first-order valence-electron chi connectivity index (χ1n) is 9.27. The highest BCUT2D eigenvalue weighted by Crippen LogP contribution is 2.28. The normalized spacial score (nSPS) is 17.6. The number of benzene rings is 1. The van der Waals surface area contributed by atoms with E-state index in [1.165, 1.54) is 5.56 Å². The van der Waals surface area contributed by atoms with Gasteiger partial charge in [-0.2, -0.15) is 0 Å². The highest BCUT2D eigenvalue weighted by Gasteiger charge is 2.28. The van der Waals surface area contributed by atoms with Crippen molar-refractivity contribution in [2.45, 2.75) is 59.1 Å². The third-order valence-corrected chi connectivity index (χ3v) is 4.47. The molecule has 1 aliphatic heterocycles. The van der Waals surface area contributed by atoms with E-state index in [1.807, 2.05) is 27.7 Å². The summed E-state index contributed by atoms with van der Waals surface area (Å²) in [4.78, 5) is 23.5. The molecule has 1 aromatic heterocycles. The van der Waals surface area contributed by atoms with E-state index < -0.39 is 5.60 Å². The Bertz CT molecular complexity index is 813. The molecule has 0 saturated carbocycles. The molecule has 6 nitrogen and oxygen atoms in total. The van der Waals surface area contributed by atoms with Crippen molar-refractivity contribution in [3.63, 3.8) is 0 Å². The van der Waals surface area contributed by atoms with Crippen LogP contribution in [0.3, 0.4) is 0 Å². The maximum absolute atomic E-state index is 12.0. The van der Waals surface area contributed by atoms with Gasteiger partial charge in [-0.3, -0.25) is 0 Å². The number of ether oxygens (including phenoxy) is 1. The topological polar surface area (TPSA) is 67.4 Å². The molecule has 1 atom stereocenters. The maximum Gasteiger partial charge on any atom is 0.407 e. The van der Waals surface area contributed by atoms with Gasteiger partial charge in [-0.25, -0.2) is 14.8 Å². The number of hydrogen-bond donors (Lipinski definition) is 1. The van der Waals surface area contributed by atoms with Gasteiger partial charge in [0.05, 0.1) is 11.6 Å². The van der Waals surface area contributed by atoms with Gasteiger partial charge in [0.2, 0.25) is 0 Å². The van der Waals surface area contributed by atoms with Crippen molar-refractivity contribution in [1.82, 2.24) is 15.3 Å². The molecule has 2 heterocycles. The van der Waals surface area contributed by atoms with Crippen LogP contribution in [0.2, 0.25) is 0 Å². The number of carbonyl (C=O) groups is 1. The number of fused-ring (bicyclic) bond motifs is 1. The first kappa shape index (κ1) is 18.4. The van der Waals surface area contributed by atoms with Gasteiger partial charge < -0.3 is 15.0 Å². The first-order valence-corrected chi connectivity index (χ1v) is 9.27. The van der Waals surface area contributed by atoms with Crippen molar-refractivity contribution in [2.24, 2.45) is 0 Å². The summed E-state index contributed by atoms with van der Waals surface area (Å²) < 4.78 is 5.36. The Labute approximate surface area is 155 Å². The second kappa shape index (κ2) is 7.09. The van der Waals surface area contributed by atoms with Gasteiger partial charge in [0.25, 0.3) is 0 Å². The summed E-state index contributed by atoms with van der Waals surface area (Å²) in [7, 11) is 0. The molecule has 1 saturated heterocycles. The zero-order valence-electron chi connectivity index (χ0n) is 16.3. The zero-order valence-corrected chi connectivity index (χ0v) is 16.3. The van der Waals surface area contributed by atoms with Crippen LogP contribution < -0.4 is 10.2 Å². The molecule has 0 bridgehead atoms. The van der Waals surface area contributed by atoms with Gasteiger partial charge in [0, 0.05) is 18.5 Å².